The molecule has 0 radical (unpaired) electrons. The smallest absolute Gasteiger partial charge is 0.246 e. The second-order valence-corrected chi connectivity index (χ2v) is 4.08. The molecule has 1 aliphatic heterocycles. The van der Waals surface area contributed by atoms with Gasteiger partial charge in [-0.1, -0.05) is 0 Å². The molecule has 0 saturated heterocycles. The lowest BCUT2D eigenvalue weighted by Gasteiger charge is -2.37. The molecule has 2 rings (SSSR count). The van der Waals surface area contributed by atoms with Crippen molar-refractivity contribution in [2.24, 2.45) is 0 Å². The lowest BCUT2D eigenvalue weighted by atomic mass is 10.1. The molecule has 1 aromatic rings. The van der Waals surface area contributed by atoms with Crippen molar-refractivity contribution in [1.82, 2.24) is 4.98 Å². The molecule has 0 unspecified atom stereocenters. The summed E-state index contributed by atoms with van der Waals surface area (Å²) in [5.41, 5.74) is 1.98. The first-order chi connectivity index (χ1) is 7.11. The number of aromatic nitrogens is 1. The highest BCUT2D eigenvalue weighted by atomic mass is 16.2. The van der Waals surface area contributed by atoms with Gasteiger partial charge in [0.25, 0.3) is 0 Å². The maximum atomic E-state index is 11.9. The van der Waals surface area contributed by atoms with Crippen LogP contribution in [0.5, 0.6) is 0 Å². The highest BCUT2D eigenvalue weighted by Gasteiger charge is 2.28. The highest BCUT2D eigenvalue weighted by molar-refractivity contribution is 6.03. The number of likely N-dealkylation sites (N-methyl/N-ethyl adjacent to an activating group) is 1. The van der Waals surface area contributed by atoms with Crippen LogP contribution in [0.25, 0.3) is 0 Å². The topological polar surface area (TPSA) is 36.4 Å². The number of amides is 1. The Morgan fingerprint density at radius 1 is 1.40 bits per heavy atom. The van der Waals surface area contributed by atoms with Gasteiger partial charge in [0.15, 0.2) is 0 Å². The number of hydrogen-bond donors (Lipinski definition) is 0. The summed E-state index contributed by atoms with van der Waals surface area (Å²) < 4.78 is 0. The van der Waals surface area contributed by atoms with Crippen LogP contribution in [-0.2, 0) is 4.79 Å². The Morgan fingerprint density at radius 2 is 2.13 bits per heavy atom. The van der Waals surface area contributed by atoms with Crippen LogP contribution < -0.4 is 9.80 Å². The van der Waals surface area contributed by atoms with Crippen molar-refractivity contribution < 1.29 is 4.79 Å². The first kappa shape index (κ1) is 9.96. The van der Waals surface area contributed by atoms with E-state index in [0.717, 1.165) is 11.4 Å². The van der Waals surface area contributed by atoms with Gasteiger partial charge in [-0.3, -0.25) is 9.78 Å². The fourth-order valence-corrected chi connectivity index (χ4v) is 1.95. The van der Waals surface area contributed by atoms with Gasteiger partial charge in [-0.05, 0) is 19.9 Å². The number of nitrogens with zero attached hydrogens (tertiary/aromatic N) is 3. The summed E-state index contributed by atoms with van der Waals surface area (Å²) in [5.74, 6) is 0.132. The van der Waals surface area contributed by atoms with Crippen LogP contribution in [0.2, 0.25) is 0 Å². The summed E-state index contributed by atoms with van der Waals surface area (Å²) in [6.45, 7) is 4.47. The molecule has 0 spiro atoms. The number of anilines is 2. The van der Waals surface area contributed by atoms with Crippen molar-refractivity contribution in [2.75, 3.05) is 23.4 Å². The molecule has 15 heavy (non-hydrogen) atoms. The SMILES string of the molecule is CC(C)N1C(=O)CN(C)c2ccncc21. The van der Waals surface area contributed by atoms with Crippen molar-refractivity contribution in [2.45, 2.75) is 19.9 Å². The third-order valence-corrected chi connectivity index (χ3v) is 2.61. The van der Waals surface area contributed by atoms with Gasteiger partial charge < -0.3 is 9.80 Å². The van der Waals surface area contributed by atoms with E-state index >= 15 is 0 Å². The Balaban J connectivity index is 2.51. The van der Waals surface area contributed by atoms with Crippen LogP contribution in [0.15, 0.2) is 18.5 Å². The summed E-state index contributed by atoms with van der Waals surface area (Å²) in [6.07, 6.45) is 3.51. The number of fused-ring (bicyclic) bond motifs is 1. The van der Waals surface area contributed by atoms with Crippen LogP contribution in [-0.4, -0.2) is 30.5 Å². The standard InChI is InChI=1S/C11H15N3O/c1-8(2)14-10-6-12-5-4-9(10)13(3)7-11(14)15/h4-6,8H,7H2,1-3H3. The largest absolute Gasteiger partial charge is 0.363 e. The number of pyridine rings is 1. The number of carbonyl (C=O) groups excluding carboxylic acids is 1. The quantitative estimate of drug-likeness (QED) is 0.692. The van der Waals surface area contributed by atoms with E-state index in [4.69, 9.17) is 0 Å². The zero-order chi connectivity index (χ0) is 11.0. The second kappa shape index (κ2) is 3.53. The van der Waals surface area contributed by atoms with E-state index in [2.05, 4.69) is 4.98 Å². The molecule has 4 nitrogen and oxygen atoms in total. The first-order valence-corrected chi connectivity index (χ1v) is 5.08. The van der Waals surface area contributed by atoms with E-state index in [-0.39, 0.29) is 11.9 Å². The van der Waals surface area contributed by atoms with Crippen LogP contribution in [0.4, 0.5) is 11.4 Å². The van der Waals surface area contributed by atoms with Crippen molar-refractivity contribution in [3.8, 4) is 0 Å². The molecule has 0 N–H and O–H groups in total. The van der Waals surface area contributed by atoms with Gasteiger partial charge >= 0.3 is 0 Å². The molecule has 2 heterocycles. The van der Waals surface area contributed by atoms with E-state index in [9.17, 15) is 4.79 Å². The molecular weight excluding hydrogens is 190 g/mol. The predicted octanol–water partition coefficient (Wildman–Crippen LogP) is 1.27. The Morgan fingerprint density at radius 3 is 2.80 bits per heavy atom. The molecule has 0 aromatic carbocycles. The minimum atomic E-state index is 0.132. The van der Waals surface area contributed by atoms with Crippen LogP contribution in [0, 0.1) is 0 Å². The Hall–Kier alpha value is -1.58. The fourth-order valence-electron chi connectivity index (χ4n) is 1.95. The van der Waals surface area contributed by atoms with Gasteiger partial charge in [-0.25, -0.2) is 0 Å². The zero-order valence-electron chi connectivity index (χ0n) is 9.27. The summed E-state index contributed by atoms with van der Waals surface area (Å²) in [7, 11) is 1.92. The molecule has 1 amide bonds. The summed E-state index contributed by atoms with van der Waals surface area (Å²) in [6, 6.07) is 2.12. The molecule has 80 valence electrons. The Kier molecular flexibility index (Phi) is 2.34. The molecule has 0 bridgehead atoms. The van der Waals surface area contributed by atoms with Gasteiger partial charge in [0.1, 0.15) is 0 Å². The summed E-state index contributed by atoms with van der Waals surface area (Å²) >= 11 is 0. The van der Waals surface area contributed by atoms with Crippen molar-refractivity contribution in [3.05, 3.63) is 18.5 Å². The third kappa shape index (κ3) is 1.56. The average molecular weight is 205 g/mol. The van der Waals surface area contributed by atoms with E-state index in [1.165, 1.54) is 0 Å². The Labute approximate surface area is 89.5 Å². The second-order valence-electron chi connectivity index (χ2n) is 4.08. The van der Waals surface area contributed by atoms with E-state index < -0.39 is 0 Å². The monoisotopic (exact) mass is 205 g/mol. The third-order valence-electron chi connectivity index (χ3n) is 2.61. The Bertz CT molecular complexity index is 389. The minimum absolute atomic E-state index is 0.132. The normalized spacial score (nSPS) is 15.9. The van der Waals surface area contributed by atoms with Crippen LogP contribution in [0.3, 0.4) is 0 Å². The average Bonchev–Trinajstić information content (AvgIpc) is 2.17. The molecule has 4 heteroatoms. The lowest BCUT2D eigenvalue weighted by molar-refractivity contribution is -0.117. The highest BCUT2D eigenvalue weighted by Crippen LogP contribution is 2.32. The first-order valence-electron chi connectivity index (χ1n) is 5.08. The minimum Gasteiger partial charge on any atom is -0.363 e. The van der Waals surface area contributed by atoms with Gasteiger partial charge in [-0.15, -0.1) is 0 Å². The molecule has 0 aliphatic carbocycles. The van der Waals surface area contributed by atoms with Gasteiger partial charge in [-0.2, -0.15) is 0 Å². The van der Waals surface area contributed by atoms with E-state index in [0.29, 0.717) is 6.54 Å². The predicted molar refractivity (Wildman–Crippen MR) is 60.1 cm³/mol. The van der Waals surface area contributed by atoms with E-state index in [1.807, 2.05) is 36.8 Å². The molecule has 0 atom stereocenters. The maximum absolute atomic E-state index is 11.9. The summed E-state index contributed by atoms with van der Waals surface area (Å²) in [5, 5.41) is 0. The van der Waals surface area contributed by atoms with Gasteiger partial charge in [0.05, 0.1) is 24.1 Å². The van der Waals surface area contributed by atoms with E-state index in [1.54, 1.807) is 12.4 Å². The molecular formula is C11H15N3O. The number of hydrogen-bond acceptors (Lipinski definition) is 3. The van der Waals surface area contributed by atoms with Gasteiger partial charge in [0.2, 0.25) is 5.91 Å². The molecule has 0 saturated carbocycles. The molecule has 1 aliphatic rings. The van der Waals surface area contributed by atoms with Gasteiger partial charge in [0, 0.05) is 19.3 Å². The zero-order valence-corrected chi connectivity index (χ0v) is 9.27. The summed E-state index contributed by atoms with van der Waals surface area (Å²) in [4.78, 5) is 19.7. The number of carbonyl (C=O) groups is 1. The van der Waals surface area contributed by atoms with Crippen LogP contribution >= 0.6 is 0 Å². The van der Waals surface area contributed by atoms with Crippen molar-refractivity contribution in [1.29, 1.82) is 0 Å². The molecule has 1 aromatic heterocycles. The molecule has 0 fully saturated rings. The fraction of sp³-hybridized carbons (Fsp3) is 0.455. The van der Waals surface area contributed by atoms with Crippen molar-refractivity contribution in [3.63, 3.8) is 0 Å². The maximum Gasteiger partial charge on any atom is 0.246 e. The lowest BCUT2D eigenvalue weighted by Crippen LogP contribution is -2.47. The number of rotatable bonds is 1. The van der Waals surface area contributed by atoms with Crippen LogP contribution in [0.1, 0.15) is 13.8 Å². The van der Waals surface area contributed by atoms with Crippen molar-refractivity contribution >= 4 is 17.3 Å².